The number of methoxy groups -OCH3 is 1. The average molecular weight is 672 g/mol. The van der Waals surface area contributed by atoms with Gasteiger partial charge in [-0.25, -0.2) is 14.6 Å². The summed E-state index contributed by atoms with van der Waals surface area (Å²) in [6, 6.07) is 8.94. The first-order valence-corrected chi connectivity index (χ1v) is 13.6. The van der Waals surface area contributed by atoms with Crippen molar-refractivity contribution in [3.8, 4) is 11.6 Å². The van der Waals surface area contributed by atoms with Crippen molar-refractivity contribution in [2.24, 2.45) is 0 Å². The number of carbonyl (C=O) groups excluding carboxylic acids is 4. The maximum Gasteiger partial charge on any atom is 0.295 e. The number of carbonyl (C=O) groups is 4. The average Bonchev–Trinajstić information content (AvgIpc) is 3.68. The Kier molecular flexibility index (Phi) is 8.53. The Balaban J connectivity index is 1.32. The lowest BCUT2D eigenvalue weighted by Crippen LogP contribution is -2.52. The number of benzene rings is 1. The molecule has 1 fully saturated rings. The molecule has 0 saturated carbocycles. The number of aromatic amines is 1. The molecule has 15 heteroatoms. The van der Waals surface area contributed by atoms with Gasteiger partial charge in [-0.05, 0) is 12.1 Å². The van der Waals surface area contributed by atoms with E-state index in [4.69, 9.17) is 9.47 Å². The minimum Gasteiger partial charge on any atom is -0.494 e. The molecule has 0 atom stereocenters. The highest BCUT2D eigenvalue weighted by molar-refractivity contribution is 14.1. The van der Waals surface area contributed by atoms with Crippen LogP contribution in [-0.4, -0.2) is 97.9 Å². The number of Topliss-reactive ketones (excluding diaryl/α,β-unsaturated/α-hetero) is 1. The number of nitrogens with one attached hydrogen (secondary N) is 2. The van der Waals surface area contributed by atoms with Crippen LogP contribution in [0.15, 0.2) is 49.1 Å². The Labute approximate surface area is 247 Å². The smallest absolute Gasteiger partial charge is 0.295 e. The van der Waals surface area contributed by atoms with Crippen LogP contribution in [0.3, 0.4) is 0 Å². The maximum atomic E-state index is 13.4. The molecule has 1 aromatic carbocycles. The summed E-state index contributed by atoms with van der Waals surface area (Å²) in [5.74, 6) is -0.842. The molecular formula is C26H25IN8O6. The molecule has 0 spiro atoms. The van der Waals surface area contributed by atoms with Gasteiger partial charge in [0.25, 0.3) is 23.5 Å². The number of rotatable bonds is 9. The number of nitrogens with zero attached hydrogens (tertiary/aromatic N) is 6. The Morgan fingerprint density at radius 3 is 2.49 bits per heavy atom. The van der Waals surface area contributed by atoms with Crippen molar-refractivity contribution >= 4 is 57.3 Å². The van der Waals surface area contributed by atoms with Gasteiger partial charge >= 0.3 is 0 Å². The third-order valence-corrected chi connectivity index (χ3v) is 7.12. The molecule has 4 aromatic rings. The summed E-state index contributed by atoms with van der Waals surface area (Å²) in [5.41, 5.74) is 1.12. The van der Waals surface area contributed by atoms with Gasteiger partial charge in [0.1, 0.15) is 25.3 Å². The van der Waals surface area contributed by atoms with Crippen molar-refractivity contribution in [1.82, 2.24) is 38.1 Å². The van der Waals surface area contributed by atoms with Gasteiger partial charge in [-0.15, -0.1) is 5.10 Å². The van der Waals surface area contributed by atoms with E-state index in [2.05, 4.69) is 23.6 Å². The number of H-pyrrole nitrogens is 1. The van der Waals surface area contributed by atoms with Crippen LogP contribution in [0.5, 0.6) is 5.75 Å². The van der Waals surface area contributed by atoms with Crippen LogP contribution in [0.1, 0.15) is 26.5 Å². The molecule has 0 radical (unpaired) electrons. The molecule has 1 aliphatic rings. The molecule has 1 aliphatic heterocycles. The van der Waals surface area contributed by atoms with Gasteiger partial charge in [0.05, 0.1) is 52.6 Å². The number of amides is 3. The van der Waals surface area contributed by atoms with E-state index in [0.717, 1.165) is 0 Å². The zero-order chi connectivity index (χ0) is 28.9. The summed E-state index contributed by atoms with van der Waals surface area (Å²) in [4.78, 5) is 65.5. The number of pyridine rings is 1. The van der Waals surface area contributed by atoms with Gasteiger partial charge < -0.3 is 24.3 Å². The van der Waals surface area contributed by atoms with Crippen LogP contribution in [0.4, 0.5) is 0 Å². The predicted octanol–water partition coefficient (Wildman–Crippen LogP) is 1.30. The van der Waals surface area contributed by atoms with E-state index >= 15 is 0 Å². The van der Waals surface area contributed by atoms with E-state index < -0.39 is 11.7 Å². The second kappa shape index (κ2) is 12.4. The zero-order valence-corrected chi connectivity index (χ0v) is 24.0. The third kappa shape index (κ3) is 5.90. The molecule has 5 rings (SSSR count). The number of aromatic nitrogens is 5. The summed E-state index contributed by atoms with van der Waals surface area (Å²) in [6.45, 7) is 0.969. The molecule has 2 N–H and O–H groups in total. The fraction of sp³-hybridized carbons (Fsp3) is 0.269. The highest BCUT2D eigenvalue weighted by atomic mass is 127. The van der Waals surface area contributed by atoms with Crippen LogP contribution in [0.2, 0.25) is 0 Å². The van der Waals surface area contributed by atoms with Crippen LogP contribution in [0.25, 0.3) is 16.7 Å². The molecule has 14 nitrogen and oxygen atoms in total. The van der Waals surface area contributed by atoms with Crippen LogP contribution < -0.4 is 8.27 Å². The molecule has 41 heavy (non-hydrogen) atoms. The first kappa shape index (κ1) is 28.2. The second-order valence-electron chi connectivity index (χ2n) is 9.00. The maximum absolute atomic E-state index is 13.4. The standard InChI is InChI=1S/C26H25IN8O6/c1-40-18-12-29-24(35-15-30-19(32-35)13-41-14-20(36)31-27)22-21(18)17(11-28-22)23(37)26(39)34-9-7-33(8-10-34)25(38)16-5-3-2-4-6-16/h2-6,11-12,15,28H,7-10,13-14H2,1H3,(H,31,36). The lowest BCUT2D eigenvalue weighted by atomic mass is 10.1. The van der Waals surface area contributed by atoms with Crippen molar-refractivity contribution in [1.29, 1.82) is 0 Å². The minimum absolute atomic E-state index is 0.00350. The van der Waals surface area contributed by atoms with Gasteiger partial charge in [-0.1, -0.05) is 18.2 Å². The van der Waals surface area contributed by atoms with Gasteiger partial charge in [0, 0.05) is 37.9 Å². The Bertz CT molecular complexity index is 1600. The lowest BCUT2D eigenvalue weighted by molar-refractivity contribution is -0.127. The van der Waals surface area contributed by atoms with E-state index in [1.54, 1.807) is 52.0 Å². The van der Waals surface area contributed by atoms with Gasteiger partial charge in [0.2, 0.25) is 0 Å². The Morgan fingerprint density at radius 2 is 1.78 bits per heavy atom. The molecule has 0 aliphatic carbocycles. The fourth-order valence-corrected chi connectivity index (χ4v) is 4.63. The molecule has 3 aromatic heterocycles. The van der Waals surface area contributed by atoms with Crippen molar-refractivity contribution < 1.29 is 28.7 Å². The van der Waals surface area contributed by atoms with Gasteiger partial charge in [-0.3, -0.25) is 22.7 Å². The van der Waals surface area contributed by atoms with E-state index in [1.165, 1.54) is 35.4 Å². The zero-order valence-electron chi connectivity index (χ0n) is 21.9. The highest BCUT2D eigenvalue weighted by Crippen LogP contribution is 2.32. The highest BCUT2D eigenvalue weighted by Gasteiger charge is 2.31. The number of hydrogen-bond acceptors (Lipinski definition) is 9. The van der Waals surface area contributed by atoms with Crippen LogP contribution in [-0.2, 0) is 20.9 Å². The Morgan fingerprint density at radius 1 is 1.05 bits per heavy atom. The van der Waals surface area contributed by atoms with Crippen molar-refractivity contribution in [2.45, 2.75) is 6.61 Å². The second-order valence-corrected chi connectivity index (χ2v) is 9.54. The monoisotopic (exact) mass is 672 g/mol. The summed E-state index contributed by atoms with van der Waals surface area (Å²) in [5, 5.41) is 4.72. The first-order valence-electron chi connectivity index (χ1n) is 12.5. The number of ether oxygens (including phenoxy) is 2. The van der Waals surface area contributed by atoms with Crippen LogP contribution >= 0.6 is 22.9 Å². The lowest BCUT2D eigenvalue weighted by Gasteiger charge is -2.34. The van der Waals surface area contributed by atoms with Crippen molar-refractivity contribution in [3.05, 3.63) is 66.0 Å². The summed E-state index contributed by atoms with van der Waals surface area (Å²) >= 11 is 1.72. The minimum atomic E-state index is -0.712. The molecule has 0 bridgehead atoms. The predicted molar refractivity (Wildman–Crippen MR) is 153 cm³/mol. The summed E-state index contributed by atoms with van der Waals surface area (Å²) < 4.78 is 14.6. The number of piperazine rings is 1. The molecule has 4 heterocycles. The van der Waals surface area contributed by atoms with E-state index in [1.807, 2.05) is 6.07 Å². The number of ketones is 1. The fourth-order valence-electron chi connectivity index (χ4n) is 4.47. The quantitative estimate of drug-likeness (QED) is 0.115. The molecule has 0 unspecified atom stereocenters. The topological polar surface area (TPSA) is 165 Å². The molecule has 1 saturated heterocycles. The van der Waals surface area contributed by atoms with E-state index in [-0.39, 0.29) is 43.7 Å². The number of hydrogen-bond donors (Lipinski definition) is 2. The SMILES string of the molecule is COc1cnc(-n2cnc(COCC(=O)NI)n2)c2[nH]cc(C(=O)C(=O)N3CCN(C(=O)c4ccccc4)CC3)c12. The van der Waals surface area contributed by atoms with E-state index in [0.29, 0.717) is 46.9 Å². The van der Waals surface area contributed by atoms with Gasteiger partial charge in [0.15, 0.2) is 11.6 Å². The molecule has 3 amide bonds. The number of halogens is 1. The third-order valence-electron chi connectivity index (χ3n) is 6.51. The largest absolute Gasteiger partial charge is 0.494 e. The molecule has 212 valence electrons. The molecular weight excluding hydrogens is 647 g/mol. The van der Waals surface area contributed by atoms with E-state index in [9.17, 15) is 19.2 Å². The Hall–Kier alpha value is -4.38. The van der Waals surface area contributed by atoms with Crippen LogP contribution in [0, 0.1) is 0 Å². The number of fused-ring (bicyclic) bond motifs is 1. The normalized spacial score (nSPS) is 13.3. The van der Waals surface area contributed by atoms with Gasteiger partial charge in [-0.2, -0.15) is 0 Å². The first-order chi connectivity index (χ1) is 19.9. The summed E-state index contributed by atoms with van der Waals surface area (Å²) in [6.07, 6.45) is 4.30. The van der Waals surface area contributed by atoms with Crippen molar-refractivity contribution in [2.75, 3.05) is 39.9 Å². The van der Waals surface area contributed by atoms with Crippen molar-refractivity contribution in [3.63, 3.8) is 0 Å². The summed E-state index contributed by atoms with van der Waals surface area (Å²) in [7, 11) is 1.44.